The molecule has 0 aliphatic carbocycles. The van der Waals surface area contributed by atoms with Gasteiger partial charge in [-0.1, -0.05) is 27.5 Å². The lowest BCUT2D eigenvalue weighted by atomic mass is 9.96. The second-order valence-electron chi connectivity index (χ2n) is 5.39. The fourth-order valence-electron chi connectivity index (χ4n) is 2.66. The number of hydrogen-bond donors (Lipinski definition) is 2. The number of nitrogens with zero attached hydrogens (tertiary/aromatic N) is 1. The van der Waals surface area contributed by atoms with Gasteiger partial charge >= 0.3 is 0 Å². The van der Waals surface area contributed by atoms with Crippen LogP contribution >= 0.6 is 27.5 Å². The van der Waals surface area contributed by atoms with Gasteiger partial charge in [0.1, 0.15) is 0 Å². The first-order valence-corrected chi connectivity index (χ1v) is 8.41. The lowest BCUT2D eigenvalue weighted by molar-refractivity contribution is -0.126. The highest BCUT2D eigenvalue weighted by Gasteiger charge is 2.25. The van der Waals surface area contributed by atoms with Gasteiger partial charge in [-0.3, -0.25) is 9.69 Å². The number of benzene rings is 1. The van der Waals surface area contributed by atoms with Gasteiger partial charge < -0.3 is 11.1 Å². The molecule has 116 valence electrons. The number of carbonyl (C=O) groups excluding carboxylic acids is 1. The molecule has 0 aromatic heterocycles. The lowest BCUT2D eigenvalue weighted by Gasteiger charge is -2.32. The minimum atomic E-state index is 0.0586. The van der Waals surface area contributed by atoms with Crippen LogP contribution < -0.4 is 11.1 Å². The zero-order chi connectivity index (χ0) is 15.2. The van der Waals surface area contributed by atoms with Crippen LogP contribution in [-0.2, 0) is 11.3 Å². The standard InChI is InChI=1S/C15H21BrClN3O/c16-14-4-3-13(17)8-12(14)10-20-7-1-2-11(9-20)15(21)19-6-5-18/h3-4,8,11H,1-2,5-7,9-10,18H2,(H,19,21). The van der Waals surface area contributed by atoms with Crippen molar-refractivity contribution in [1.82, 2.24) is 10.2 Å². The predicted octanol–water partition coefficient (Wildman–Crippen LogP) is 2.39. The topological polar surface area (TPSA) is 58.4 Å². The Labute approximate surface area is 139 Å². The van der Waals surface area contributed by atoms with Crippen molar-refractivity contribution in [2.45, 2.75) is 19.4 Å². The minimum absolute atomic E-state index is 0.0586. The fraction of sp³-hybridized carbons (Fsp3) is 0.533. The summed E-state index contributed by atoms with van der Waals surface area (Å²) in [6.45, 7) is 3.64. The van der Waals surface area contributed by atoms with Gasteiger partial charge in [-0.2, -0.15) is 0 Å². The van der Waals surface area contributed by atoms with Crippen LogP contribution in [0.25, 0.3) is 0 Å². The molecule has 0 spiro atoms. The van der Waals surface area contributed by atoms with E-state index in [0.29, 0.717) is 13.1 Å². The van der Waals surface area contributed by atoms with E-state index in [1.54, 1.807) is 0 Å². The molecule has 1 aliphatic heterocycles. The van der Waals surface area contributed by atoms with Crippen LogP contribution in [0, 0.1) is 5.92 Å². The molecule has 1 aliphatic rings. The number of halogens is 2. The molecular weight excluding hydrogens is 354 g/mol. The van der Waals surface area contributed by atoms with E-state index in [4.69, 9.17) is 17.3 Å². The second kappa shape index (κ2) is 8.13. The summed E-state index contributed by atoms with van der Waals surface area (Å²) in [5.41, 5.74) is 6.58. The zero-order valence-electron chi connectivity index (χ0n) is 11.9. The van der Waals surface area contributed by atoms with E-state index in [1.807, 2.05) is 18.2 Å². The number of likely N-dealkylation sites (tertiary alicyclic amines) is 1. The molecule has 1 amide bonds. The fourth-order valence-corrected chi connectivity index (χ4v) is 3.22. The largest absolute Gasteiger partial charge is 0.355 e. The number of carbonyl (C=O) groups is 1. The van der Waals surface area contributed by atoms with Crippen molar-refractivity contribution < 1.29 is 4.79 Å². The first kappa shape index (κ1) is 16.7. The van der Waals surface area contributed by atoms with E-state index in [0.717, 1.165) is 47.5 Å². The highest BCUT2D eigenvalue weighted by Crippen LogP contribution is 2.25. The molecule has 1 saturated heterocycles. The molecule has 0 bridgehead atoms. The van der Waals surface area contributed by atoms with E-state index >= 15 is 0 Å². The summed E-state index contributed by atoms with van der Waals surface area (Å²) in [6.07, 6.45) is 1.99. The Kier molecular flexibility index (Phi) is 6.48. The van der Waals surface area contributed by atoms with Gasteiger partial charge in [0.25, 0.3) is 0 Å². The summed E-state index contributed by atoms with van der Waals surface area (Å²) < 4.78 is 1.06. The molecule has 6 heteroatoms. The minimum Gasteiger partial charge on any atom is -0.355 e. The van der Waals surface area contributed by atoms with Crippen molar-refractivity contribution in [3.05, 3.63) is 33.3 Å². The summed E-state index contributed by atoms with van der Waals surface area (Å²) in [7, 11) is 0. The molecule has 1 atom stereocenters. The van der Waals surface area contributed by atoms with Gasteiger partial charge in [0.2, 0.25) is 5.91 Å². The maximum atomic E-state index is 12.1. The average Bonchev–Trinajstić information content (AvgIpc) is 2.49. The Hall–Kier alpha value is -0.620. The molecule has 1 aromatic carbocycles. The van der Waals surface area contributed by atoms with E-state index in [2.05, 4.69) is 26.1 Å². The Morgan fingerprint density at radius 2 is 2.33 bits per heavy atom. The SMILES string of the molecule is NCCNC(=O)C1CCCN(Cc2cc(Cl)ccc2Br)C1. The Bertz CT molecular complexity index is 498. The summed E-state index contributed by atoms with van der Waals surface area (Å²) in [5.74, 6) is 0.179. The third kappa shape index (κ3) is 4.95. The van der Waals surface area contributed by atoms with Crippen LogP contribution in [0.1, 0.15) is 18.4 Å². The van der Waals surface area contributed by atoms with Crippen molar-refractivity contribution in [2.75, 3.05) is 26.2 Å². The van der Waals surface area contributed by atoms with Crippen LogP contribution in [0.2, 0.25) is 5.02 Å². The molecular formula is C15H21BrClN3O. The quantitative estimate of drug-likeness (QED) is 0.832. The summed E-state index contributed by atoms with van der Waals surface area (Å²) in [6, 6.07) is 5.81. The summed E-state index contributed by atoms with van der Waals surface area (Å²) in [4.78, 5) is 14.4. The number of rotatable bonds is 5. The maximum absolute atomic E-state index is 12.1. The number of nitrogens with two attached hydrogens (primary N) is 1. The van der Waals surface area contributed by atoms with Crippen molar-refractivity contribution in [3.63, 3.8) is 0 Å². The van der Waals surface area contributed by atoms with Crippen LogP contribution in [0.15, 0.2) is 22.7 Å². The summed E-state index contributed by atoms with van der Waals surface area (Å²) in [5, 5.41) is 3.62. The number of nitrogens with one attached hydrogen (secondary N) is 1. The lowest BCUT2D eigenvalue weighted by Crippen LogP contribution is -2.43. The number of piperidine rings is 1. The molecule has 21 heavy (non-hydrogen) atoms. The molecule has 3 N–H and O–H groups in total. The molecule has 4 nitrogen and oxygen atoms in total. The second-order valence-corrected chi connectivity index (χ2v) is 6.68. The highest BCUT2D eigenvalue weighted by atomic mass is 79.9. The zero-order valence-corrected chi connectivity index (χ0v) is 14.3. The Morgan fingerprint density at radius 3 is 3.10 bits per heavy atom. The number of hydrogen-bond acceptors (Lipinski definition) is 3. The Balaban J connectivity index is 1.94. The van der Waals surface area contributed by atoms with Gasteiger partial charge in [-0.15, -0.1) is 0 Å². The molecule has 0 radical (unpaired) electrons. The molecule has 1 aromatic rings. The van der Waals surface area contributed by atoms with Gasteiger partial charge in [0.05, 0.1) is 5.92 Å². The van der Waals surface area contributed by atoms with Crippen molar-refractivity contribution in [3.8, 4) is 0 Å². The van der Waals surface area contributed by atoms with Gasteiger partial charge in [0.15, 0.2) is 0 Å². The summed E-state index contributed by atoms with van der Waals surface area (Å²) >= 11 is 9.61. The predicted molar refractivity (Wildman–Crippen MR) is 89.2 cm³/mol. The van der Waals surface area contributed by atoms with Gasteiger partial charge in [-0.05, 0) is 43.1 Å². The first-order valence-electron chi connectivity index (χ1n) is 7.24. The molecule has 2 rings (SSSR count). The van der Waals surface area contributed by atoms with E-state index in [-0.39, 0.29) is 11.8 Å². The third-order valence-electron chi connectivity index (χ3n) is 3.72. The molecule has 0 saturated carbocycles. The maximum Gasteiger partial charge on any atom is 0.224 e. The molecule has 1 fully saturated rings. The monoisotopic (exact) mass is 373 g/mol. The smallest absolute Gasteiger partial charge is 0.224 e. The van der Waals surface area contributed by atoms with Crippen molar-refractivity contribution >= 4 is 33.4 Å². The van der Waals surface area contributed by atoms with E-state index in [1.165, 1.54) is 0 Å². The van der Waals surface area contributed by atoms with Crippen LogP contribution in [0.3, 0.4) is 0 Å². The van der Waals surface area contributed by atoms with Crippen LogP contribution in [0.5, 0.6) is 0 Å². The van der Waals surface area contributed by atoms with Crippen molar-refractivity contribution in [2.24, 2.45) is 11.7 Å². The molecule has 1 unspecified atom stereocenters. The van der Waals surface area contributed by atoms with E-state index in [9.17, 15) is 4.79 Å². The van der Waals surface area contributed by atoms with Gasteiger partial charge in [0, 0.05) is 35.7 Å². The number of amides is 1. The van der Waals surface area contributed by atoms with Crippen molar-refractivity contribution in [1.29, 1.82) is 0 Å². The third-order valence-corrected chi connectivity index (χ3v) is 4.73. The molecule has 1 heterocycles. The van der Waals surface area contributed by atoms with Crippen LogP contribution in [0.4, 0.5) is 0 Å². The highest BCUT2D eigenvalue weighted by molar-refractivity contribution is 9.10. The average molecular weight is 375 g/mol. The first-order chi connectivity index (χ1) is 10.1. The normalized spacial score (nSPS) is 19.5. The van der Waals surface area contributed by atoms with E-state index < -0.39 is 0 Å². The van der Waals surface area contributed by atoms with Gasteiger partial charge in [-0.25, -0.2) is 0 Å². The van der Waals surface area contributed by atoms with Crippen LogP contribution in [-0.4, -0.2) is 37.0 Å². The Morgan fingerprint density at radius 1 is 1.52 bits per heavy atom.